The number of aromatic nitrogens is 1. The maximum absolute atomic E-state index is 4.54. The number of nitrogens with one attached hydrogen (secondary N) is 2. The first-order chi connectivity index (χ1) is 14.8. The summed E-state index contributed by atoms with van der Waals surface area (Å²) in [4.78, 5) is 11.5. The molecule has 1 aliphatic rings. The molecular weight excluding hydrogens is 497 g/mol. The summed E-state index contributed by atoms with van der Waals surface area (Å²) in [5.74, 6) is 0.780. The van der Waals surface area contributed by atoms with Crippen LogP contribution in [0.5, 0.6) is 0 Å². The molecular formula is C25H32IN5. The third kappa shape index (κ3) is 6.64. The van der Waals surface area contributed by atoms with E-state index in [1.807, 2.05) is 12.3 Å². The van der Waals surface area contributed by atoms with Gasteiger partial charge in [-0.25, -0.2) is 0 Å². The lowest BCUT2D eigenvalue weighted by Gasteiger charge is -2.26. The van der Waals surface area contributed by atoms with E-state index >= 15 is 0 Å². The van der Waals surface area contributed by atoms with Crippen LogP contribution in [0.2, 0.25) is 0 Å². The molecule has 0 bridgehead atoms. The van der Waals surface area contributed by atoms with Crippen molar-refractivity contribution >= 4 is 40.7 Å². The number of rotatable bonds is 6. The lowest BCUT2D eigenvalue weighted by atomic mass is 10.1. The maximum Gasteiger partial charge on any atom is 0.191 e. The summed E-state index contributed by atoms with van der Waals surface area (Å²) in [7, 11) is 1.80. The number of hydrogen-bond donors (Lipinski definition) is 2. The highest BCUT2D eigenvalue weighted by Crippen LogP contribution is 2.16. The van der Waals surface area contributed by atoms with Gasteiger partial charge in [0.1, 0.15) is 0 Å². The minimum absolute atomic E-state index is 0. The van der Waals surface area contributed by atoms with E-state index in [2.05, 4.69) is 74.0 Å². The van der Waals surface area contributed by atoms with Crippen LogP contribution in [0.25, 0.3) is 10.8 Å². The first-order valence-corrected chi connectivity index (χ1v) is 10.9. The SMILES string of the molecule is CN=C(NCc1ccc(CN2CCCCC2)cc1)NCc1nccc2ccccc12.I. The number of aliphatic imine (C=N–C) groups is 1. The fourth-order valence-corrected chi connectivity index (χ4v) is 4.04. The van der Waals surface area contributed by atoms with Gasteiger partial charge in [0.25, 0.3) is 0 Å². The molecule has 1 aliphatic heterocycles. The minimum Gasteiger partial charge on any atom is -0.352 e. The Hall–Kier alpha value is -2.19. The molecule has 1 saturated heterocycles. The second kappa shape index (κ2) is 12.0. The standard InChI is InChI=1S/C25H31N5.HI/c1-26-25(29-18-24-23-8-4-3-7-22(23)13-14-27-24)28-17-20-9-11-21(12-10-20)19-30-15-5-2-6-16-30;/h3-4,7-14H,2,5-6,15-19H2,1H3,(H2,26,28,29);1H. The van der Waals surface area contributed by atoms with Gasteiger partial charge in [0, 0.05) is 31.7 Å². The Morgan fingerprint density at radius 3 is 2.39 bits per heavy atom. The van der Waals surface area contributed by atoms with Crippen molar-refractivity contribution in [3.63, 3.8) is 0 Å². The summed E-state index contributed by atoms with van der Waals surface area (Å²) in [5.41, 5.74) is 3.67. The Labute approximate surface area is 202 Å². The number of halogens is 1. The number of benzene rings is 2. The second-order valence-electron chi connectivity index (χ2n) is 7.91. The molecule has 0 unspecified atom stereocenters. The van der Waals surface area contributed by atoms with Gasteiger partial charge in [-0.2, -0.15) is 0 Å². The number of likely N-dealkylation sites (tertiary alicyclic amines) is 1. The first kappa shape index (κ1) is 23.5. The molecule has 3 aromatic rings. The van der Waals surface area contributed by atoms with Crippen molar-refractivity contribution in [3.05, 3.63) is 77.6 Å². The zero-order chi connectivity index (χ0) is 20.6. The first-order valence-electron chi connectivity index (χ1n) is 10.9. The average molecular weight is 529 g/mol. The van der Waals surface area contributed by atoms with Gasteiger partial charge < -0.3 is 10.6 Å². The van der Waals surface area contributed by atoms with Crippen LogP contribution in [0.15, 0.2) is 65.8 Å². The predicted octanol–water partition coefficient (Wildman–Crippen LogP) is 4.70. The number of piperidine rings is 1. The molecule has 6 heteroatoms. The monoisotopic (exact) mass is 529 g/mol. The summed E-state index contributed by atoms with van der Waals surface area (Å²) in [6.45, 7) is 4.91. The van der Waals surface area contributed by atoms with E-state index in [1.54, 1.807) is 7.05 Å². The normalized spacial score (nSPS) is 14.8. The zero-order valence-corrected chi connectivity index (χ0v) is 20.5. The predicted molar refractivity (Wildman–Crippen MR) is 140 cm³/mol. The van der Waals surface area contributed by atoms with Gasteiger partial charge in [-0.05, 0) is 48.5 Å². The quantitative estimate of drug-likeness (QED) is 0.276. The van der Waals surface area contributed by atoms with E-state index in [1.165, 1.54) is 54.3 Å². The van der Waals surface area contributed by atoms with Crippen molar-refractivity contribution in [1.29, 1.82) is 0 Å². The summed E-state index contributed by atoms with van der Waals surface area (Å²) < 4.78 is 0. The van der Waals surface area contributed by atoms with Gasteiger partial charge in [0.15, 0.2) is 5.96 Å². The molecule has 0 radical (unpaired) electrons. The number of hydrogen-bond acceptors (Lipinski definition) is 3. The van der Waals surface area contributed by atoms with Gasteiger partial charge in [0.05, 0.1) is 12.2 Å². The summed E-state index contributed by atoms with van der Waals surface area (Å²) in [6, 6.07) is 19.3. The topological polar surface area (TPSA) is 52.6 Å². The van der Waals surface area contributed by atoms with Crippen molar-refractivity contribution in [2.45, 2.75) is 38.9 Å². The molecule has 5 nitrogen and oxygen atoms in total. The van der Waals surface area contributed by atoms with Crippen LogP contribution in [0.1, 0.15) is 36.1 Å². The van der Waals surface area contributed by atoms with E-state index in [0.29, 0.717) is 6.54 Å². The molecule has 4 rings (SSSR count). The Bertz CT molecular complexity index is 975. The molecule has 1 aromatic heterocycles. The van der Waals surface area contributed by atoms with Gasteiger partial charge >= 0.3 is 0 Å². The van der Waals surface area contributed by atoms with Crippen LogP contribution in [-0.4, -0.2) is 36.0 Å². The van der Waals surface area contributed by atoms with Crippen LogP contribution < -0.4 is 10.6 Å². The van der Waals surface area contributed by atoms with Crippen molar-refractivity contribution in [2.24, 2.45) is 4.99 Å². The molecule has 2 aromatic carbocycles. The minimum atomic E-state index is 0. The molecule has 0 atom stereocenters. The zero-order valence-electron chi connectivity index (χ0n) is 18.2. The van der Waals surface area contributed by atoms with Gasteiger partial charge in [-0.15, -0.1) is 24.0 Å². The van der Waals surface area contributed by atoms with E-state index in [4.69, 9.17) is 0 Å². The maximum atomic E-state index is 4.54. The van der Waals surface area contributed by atoms with Crippen molar-refractivity contribution in [2.75, 3.05) is 20.1 Å². The van der Waals surface area contributed by atoms with Crippen molar-refractivity contribution < 1.29 is 0 Å². The molecule has 0 amide bonds. The fraction of sp³-hybridized carbons (Fsp3) is 0.360. The molecule has 0 saturated carbocycles. The highest BCUT2D eigenvalue weighted by Gasteiger charge is 2.10. The average Bonchev–Trinajstić information content (AvgIpc) is 2.81. The third-order valence-electron chi connectivity index (χ3n) is 5.74. The summed E-state index contributed by atoms with van der Waals surface area (Å²) in [6.07, 6.45) is 5.92. The van der Waals surface area contributed by atoms with Crippen LogP contribution in [-0.2, 0) is 19.6 Å². The summed E-state index contributed by atoms with van der Waals surface area (Å²) >= 11 is 0. The fourth-order valence-electron chi connectivity index (χ4n) is 4.04. The molecule has 2 N–H and O–H groups in total. The molecule has 164 valence electrons. The number of pyridine rings is 1. The Morgan fingerprint density at radius 1 is 0.903 bits per heavy atom. The van der Waals surface area contributed by atoms with E-state index in [9.17, 15) is 0 Å². The van der Waals surface area contributed by atoms with E-state index in [0.717, 1.165) is 24.7 Å². The highest BCUT2D eigenvalue weighted by molar-refractivity contribution is 14.0. The number of fused-ring (bicyclic) bond motifs is 1. The lowest BCUT2D eigenvalue weighted by molar-refractivity contribution is 0.221. The number of guanidine groups is 1. The highest BCUT2D eigenvalue weighted by atomic mass is 127. The van der Waals surface area contributed by atoms with Crippen molar-refractivity contribution in [3.8, 4) is 0 Å². The summed E-state index contributed by atoms with van der Waals surface area (Å²) in [5, 5.41) is 9.17. The van der Waals surface area contributed by atoms with Crippen LogP contribution >= 0.6 is 24.0 Å². The van der Waals surface area contributed by atoms with E-state index < -0.39 is 0 Å². The lowest BCUT2D eigenvalue weighted by Crippen LogP contribution is -2.36. The van der Waals surface area contributed by atoms with Crippen LogP contribution in [0.3, 0.4) is 0 Å². The van der Waals surface area contributed by atoms with Gasteiger partial charge in [-0.3, -0.25) is 14.9 Å². The third-order valence-corrected chi connectivity index (χ3v) is 5.74. The molecule has 0 spiro atoms. The van der Waals surface area contributed by atoms with E-state index in [-0.39, 0.29) is 24.0 Å². The largest absolute Gasteiger partial charge is 0.352 e. The smallest absolute Gasteiger partial charge is 0.191 e. The Morgan fingerprint density at radius 2 is 1.61 bits per heavy atom. The molecule has 0 aliphatic carbocycles. The van der Waals surface area contributed by atoms with Crippen LogP contribution in [0.4, 0.5) is 0 Å². The molecule has 31 heavy (non-hydrogen) atoms. The van der Waals surface area contributed by atoms with Crippen molar-refractivity contribution in [1.82, 2.24) is 20.5 Å². The number of nitrogens with zero attached hydrogens (tertiary/aromatic N) is 3. The van der Waals surface area contributed by atoms with Gasteiger partial charge in [-0.1, -0.05) is 55.0 Å². The second-order valence-corrected chi connectivity index (χ2v) is 7.91. The molecule has 2 heterocycles. The Balaban J connectivity index is 0.00000272. The Kier molecular flexibility index (Phi) is 9.09. The molecule has 1 fully saturated rings. The van der Waals surface area contributed by atoms with Gasteiger partial charge in [0.2, 0.25) is 0 Å². The van der Waals surface area contributed by atoms with Crippen LogP contribution in [0, 0.1) is 0 Å².